The Morgan fingerprint density at radius 3 is 2.50 bits per heavy atom. The lowest BCUT2D eigenvalue weighted by Crippen LogP contribution is -2.27. The fourth-order valence-corrected chi connectivity index (χ4v) is 6.55. The maximum Gasteiger partial charge on any atom is 0.416 e. The molecule has 182 valence electrons. The van der Waals surface area contributed by atoms with Crippen molar-refractivity contribution in [2.45, 2.75) is 44.9 Å². The zero-order valence-corrected chi connectivity index (χ0v) is 20.2. The van der Waals surface area contributed by atoms with Gasteiger partial charge in [0, 0.05) is 22.5 Å². The minimum atomic E-state index is -4.49. The first-order valence-electron chi connectivity index (χ1n) is 10.8. The number of rotatable bonds is 4. The molecule has 3 aromatic rings. The van der Waals surface area contributed by atoms with E-state index in [-0.39, 0.29) is 35.0 Å². The van der Waals surface area contributed by atoms with E-state index in [1.165, 1.54) is 22.0 Å². The fraction of sp³-hybridized carbons (Fsp3) is 0.391. The minimum Gasteiger partial charge on any atom is -0.383 e. The molecule has 0 spiro atoms. The molecule has 0 atom stereocenters. The minimum absolute atomic E-state index is 0.0552. The maximum atomic E-state index is 13.3. The van der Waals surface area contributed by atoms with Crippen molar-refractivity contribution in [3.8, 4) is 11.1 Å². The van der Waals surface area contributed by atoms with Crippen LogP contribution in [0.15, 0.2) is 46.3 Å². The molecule has 1 aromatic carbocycles. The van der Waals surface area contributed by atoms with Gasteiger partial charge in [-0.25, -0.2) is 8.42 Å². The molecule has 0 saturated carbocycles. The summed E-state index contributed by atoms with van der Waals surface area (Å²) in [7, 11) is -3.04. The summed E-state index contributed by atoms with van der Waals surface area (Å²) in [5.41, 5.74) is 6.04. The highest BCUT2D eigenvalue weighted by atomic mass is 32.2. The van der Waals surface area contributed by atoms with Gasteiger partial charge in [0.1, 0.15) is 15.7 Å². The predicted molar refractivity (Wildman–Crippen MR) is 129 cm³/mol. The number of fused-ring (bicyclic) bond motifs is 1. The van der Waals surface area contributed by atoms with Crippen molar-refractivity contribution >= 4 is 37.1 Å². The molecule has 0 bridgehead atoms. The summed E-state index contributed by atoms with van der Waals surface area (Å²) >= 11 is 1.19. The number of thiophene rings is 1. The normalized spacial score (nSPS) is 17.5. The second-order valence-corrected chi connectivity index (χ2v) is 12.0. The summed E-state index contributed by atoms with van der Waals surface area (Å²) < 4.78 is 65.3. The van der Waals surface area contributed by atoms with Crippen LogP contribution in [0, 0.1) is 0 Å². The van der Waals surface area contributed by atoms with Crippen LogP contribution in [0.3, 0.4) is 0 Å². The van der Waals surface area contributed by atoms with Gasteiger partial charge in [-0.2, -0.15) is 13.2 Å². The molecule has 1 aliphatic rings. The number of sulfone groups is 1. The largest absolute Gasteiger partial charge is 0.416 e. The highest BCUT2D eigenvalue weighted by Gasteiger charge is 2.31. The molecule has 1 fully saturated rings. The van der Waals surface area contributed by atoms with E-state index in [9.17, 15) is 26.4 Å². The first-order chi connectivity index (χ1) is 15.9. The molecule has 0 radical (unpaired) electrons. The summed E-state index contributed by atoms with van der Waals surface area (Å²) in [5.74, 6) is 0.301. The predicted octanol–water partition coefficient (Wildman–Crippen LogP) is 4.61. The molecule has 0 amide bonds. The van der Waals surface area contributed by atoms with Crippen molar-refractivity contribution in [3.63, 3.8) is 0 Å². The van der Waals surface area contributed by atoms with Gasteiger partial charge in [0.25, 0.3) is 5.56 Å². The Hall–Kier alpha value is -2.66. The van der Waals surface area contributed by atoms with Gasteiger partial charge in [0.2, 0.25) is 0 Å². The average Bonchev–Trinajstić information content (AvgIpc) is 3.21. The van der Waals surface area contributed by atoms with Crippen molar-refractivity contribution in [2.75, 3.05) is 11.5 Å². The SMILES string of the molecule is CC(C)n1cc(-c2cccc(C(F)(F)F)c2)c2sc(C(N)=NC3CCS(=O)(=O)CC3)cc2c1=O. The van der Waals surface area contributed by atoms with Crippen molar-refractivity contribution in [2.24, 2.45) is 10.7 Å². The van der Waals surface area contributed by atoms with Crippen LogP contribution in [-0.2, 0) is 16.0 Å². The van der Waals surface area contributed by atoms with Crippen molar-refractivity contribution in [1.82, 2.24) is 4.57 Å². The maximum absolute atomic E-state index is 13.3. The zero-order valence-electron chi connectivity index (χ0n) is 18.6. The van der Waals surface area contributed by atoms with Crippen LogP contribution >= 0.6 is 11.3 Å². The van der Waals surface area contributed by atoms with Crippen LogP contribution in [0.2, 0.25) is 0 Å². The van der Waals surface area contributed by atoms with Crippen molar-refractivity contribution < 1.29 is 21.6 Å². The Bertz CT molecular complexity index is 1420. The quantitative estimate of drug-likeness (QED) is 0.409. The van der Waals surface area contributed by atoms with E-state index in [1.807, 2.05) is 13.8 Å². The average molecular weight is 512 g/mol. The zero-order chi connectivity index (χ0) is 24.8. The van der Waals surface area contributed by atoms with Gasteiger partial charge < -0.3 is 10.3 Å². The number of alkyl halides is 3. The number of hydrogen-bond acceptors (Lipinski definition) is 5. The molecule has 11 heteroatoms. The third-order valence-electron chi connectivity index (χ3n) is 5.87. The summed E-state index contributed by atoms with van der Waals surface area (Å²) in [4.78, 5) is 18.1. The number of aromatic nitrogens is 1. The Morgan fingerprint density at radius 1 is 1.21 bits per heavy atom. The molecule has 6 nitrogen and oxygen atoms in total. The second-order valence-electron chi connectivity index (χ2n) is 8.68. The second kappa shape index (κ2) is 8.84. The van der Waals surface area contributed by atoms with Crippen LogP contribution in [0.5, 0.6) is 0 Å². The van der Waals surface area contributed by atoms with E-state index in [0.29, 0.717) is 38.9 Å². The molecular weight excluding hydrogens is 487 g/mol. The monoisotopic (exact) mass is 511 g/mol. The molecule has 0 aliphatic carbocycles. The molecule has 34 heavy (non-hydrogen) atoms. The lowest BCUT2D eigenvalue weighted by molar-refractivity contribution is -0.137. The molecular formula is C23H24F3N3O3S2. The van der Waals surface area contributed by atoms with Crippen LogP contribution in [0.1, 0.15) is 43.2 Å². The summed E-state index contributed by atoms with van der Waals surface area (Å²) in [6, 6.07) is 6.19. The summed E-state index contributed by atoms with van der Waals surface area (Å²) in [5, 5.41) is 0.355. The lowest BCUT2D eigenvalue weighted by Gasteiger charge is -2.18. The fourth-order valence-electron chi connectivity index (χ4n) is 3.99. The van der Waals surface area contributed by atoms with Gasteiger partial charge in [-0.1, -0.05) is 12.1 Å². The number of hydrogen-bond donors (Lipinski definition) is 1. The number of pyridine rings is 1. The van der Waals surface area contributed by atoms with Gasteiger partial charge in [0.15, 0.2) is 0 Å². The van der Waals surface area contributed by atoms with E-state index in [2.05, 4.69) is 4.99 Å². The summed E-state index contributed by atoms with van der Waals surface area (Å²) in [6.07, 6.45) is -2.15. The molecule has 1 saturated heterocycles. The molecule has 4 rings (SSSR count). The lowest BCUT2D eigenvalue weighted by atomic mass is 10.0. The van der Waals surface area contributed by atoms with E-state index < -0.39 is 21.6 Å². The van der Waals surface area contributed by atoms with Crippen LogP contribution in [-0.4, -0.2) is 36.4 Å². The number of benzene rings is 1. The highest BCUT2D eigenvalue weighted by Crippen LogP contribution is 2.37. The number of aliphatic imine (C=N–C) groups is 1. The van der Waals surface area contributed by atoms with Gasteiger partial charge in [0.05, 0.1) is 33.4 Å². The molecule has 0 unspecified atom stereocenters. The number of halogens is 3. The Kier molecular flexibility index (Phi) is 6.36. The van der Waals surface area contributed by atoms with E-state index in [1.54, 1.807) is 18.3 Å². The topological polar surface area (TPSA) is 94.5 Å². The van der Waals surface area contributed by atoms with Gasteiger partial charge >= 0.3 is 6.18 Å². The van der Waals surface area contributed by atoms with Crippen molar-refractivity contribution in [3.05, 3.63) is 57.3 Å². The van der Waals surface area contributed by atoms with Crippen LogP contribution in [0.4, 0.5) is 13.2 Å². The van der Waals surface area contributed by atoms with Gasteiger partial charge in [-0.15, -0.1) is 11.3 Å². The van der Waals surface area contributed by atoms with Crippen LogP contribution < -0.4 is 11.3 Å². The first kappa shape index (κ1) is 24.5. The van der Waals surface area contributed by atoms with Crippen molar-refractivity contribution in [1.29, 1.82) is 0 Å². The third-order valence-corrected chi connectivity index (χ3v) is 8.77. The van der Waals surface area contributed by atoms with E-state index in [4.69, 9.17) is 5.73 Å². The Labute approximate surface area is 198 Å². The number of nitrogens with two attached hydrogens (primary N) is 1. The first-order valence-corrected chi connectivity index (χ1v) is 13.4. The smallest absolute Gasteiger partial charge is 0.383 e. The third kappa shape index (κ3) is 4.90. The van der Waals surface area contributed by atoms with E-state index >= 15 is 0 Å². The Balaban J connectivity index is 1.84. The molecule has 2 aromatic heterocycles. The molecule has 1 aliphatic heterocycles. The Morgan fingerprint density at radius 2 is 1.88 bits per heavy atom. The number of nitrogens with zero attached hydrogens (tertiary/aromatic N) is 2. The van der Waals surface area contributed by atoms with Gasteiger partial charge in [-0.3, -0.25) is 9.79 Å². The molecule has 2 N–H and O–H groups in total. The van der Waals surface area contributed by atoms with Gasteiger partial charge in [-0.05, 0) is 50.5 Å². The highest BCUT2D eigenvalue weighted by molar-refractivity contribution is 7.91. The summed E-state index contributed by atoms with van der Waals surface area (Å²) in [6.45, 7) is 3.65. The molecule has 3 heterocycles. The van der Waals surface area contributed by atoms with E-state index in [0.717, 1.165) is 12.1 Å². The standard InChI is InChI=1S/C23H24F3N3O3S2/c1-13(2)29-12-18(14-4-3-5-15(10-14)23(24,25)26)20-17(22(29)30)11-19(33-20)21(27)28-16-6-8-34(31,32)9-7-16/h3-5,10-13,16H,6-9H2,1-2H3,(H2,27,28). The van der Waals surface area contributed by atoms with Crippen LogP contribution in [0.25, 0.3) is 21.2 Å². The number of amidine groups is 1.